The number of nitrogens with zero attached hydrogens (tertiary/aromatic N) is 1. The van der Waals surface area contributed by atoms with Gasteiger partial charge in [0.2, 0.25) is 0 Å². The highest BCUT2D eigenvalue weighted by Crippen LogP contribution is 2.48. The van der Waals surface area contributed by atoms with E-state index in [1.165, 1.54) is 5.56 Å². The molecule has 25 heavy (non-hydrogen) atoms. The number of halogens is 2. The molecule has 1 aliphatic carbocycles. The van der Waals surface area contributed by atoms with E-state index in [9.17, 15) is 4.79 Å². The third-order valence-corrected chi connectivity index (χ3v) is 4.94. The topological polar surface area (TPSA) is 47.9 Å². The molecule has 1 saturated carbocycles. The molecule has 2 aromatic rings. The second kappa shape index (κ2) is 7.46. The summed E-state index contributed by atoms with van der Waals surface area (Å²) in [6.07, 6.45) is 0.978. The van der Waals surface area contributed by atoms with Crippen LogP contribution in [0.25, 0.3) is 0 Å². The smallest absolute Gasteiger partial charge is 0.368 e. The second-order valence-electron chi connectivity index (χ2n) is 5.93. The van der Waals surface area contributed by atoms with E-state index in [1.807, 2.05) is 31.2 Å². The van der Waals surface area contributed by atoms with Gasteiger partial charge in [-0.25, -0.2) is 4.79 Å². The zero-order valence-electron chi connectivity index (χ0n) is 13.8. The molecule has 0 bridgehead atoms. The first-order valence-electron chi connectivity index (χ1n) is 7.85. The van der Waals surface area contributed by atoms with Crippen LogP contribution < -0.4 is 4.74 Å². The van der Waals surface area contributed by atoms with Gasteiger partial charge in [-0.3, -0.25) is 0 Å². The SMILES string of the molecule is COc1ccc(C2CC2/C(C)=N\OC(=O)c2c(Cl)cccc2Cl)cc1. The van der Waals surface area contributed by atoms with E-state index in [2.05, 4.69) is 5.16 Å². The van der Waals surface area contributed by atoms with Crippen LogP contribution in [0.3, 0.4) is 0 Å². The number of carbonyl (C=O) groups excluding carboxylic acids is 1. The average molecular weight is 378 g/mol. The van der Waals surface area contributed by atoms with Gasteiger partial charge in [0.1, 0.15) is 5.75 Å². The van der Waals surface area contributed by atoms with Crippen molar-refractivity contribution in [2.24, 2.45) is 11.1 Å². The third kappa shape index (κ3) is 3.97. The number of carbonyl (C=O) groups is 1. The van der Waals surface area contributed by atoms with Gasteiger partial charge in [0, 0.05) is 5.92 Å². The maximum Gasteiger partial charge on any atom is 0.368 e. The summed E-state index contributed by atoms with van der Waals surface area (Å²) < 4.78 is 5.17. The fourth-order valence-corrected chi connectivity index (χ4v) is 3.35. The van der Waals surface area contributed by atoms with Crippen LogP contribution >= 0.6 is 23.2 Å². The number of rotatable bonds is 5. The molecule has 2 aromatic carbocycles. The Morgan fingerprint density at radius 3 is 2.36 bits per heavy atom. The van der Waals surface area contributed by atoms with E-state index >= 15 is 0 Å². The van der Waals surface area contributed by atoms with Crippen LogP contribution in [0.2, 0.25) is 10.0 Å². The molecule has 1 fully saturated rings. The zero-order valence-corrected chi connectivity index (χ0v) is 15.3. The molecule has 3 rings (SSSR count). The Hall–Kier alpha value is -2.04. The molecule has 0 saturated heterocycles. The predicted octanol–water partition coefficient (Wildman–Crippen LogP) is 5.34. The lowest BCUT2D eigenvalue weighted by molar-refractivity contribution is 0.0515. The van der Waals surface area contributed by atoms with Crippen molar-refractivity contribution >= 4 is 34.9 Å². The highest BCUT2D eigenvalue weighted by atomic mass is 35.5. The number of hydrogen-bond acceptors (Lipinski definition) is 4. The van der Waals surface area contributed by atoms with Crippen LogP contribution in [-0.2, 0) is 4.84 Å². The van der Waals surface area contributed by atoms with Gasteiger partial charge in [0.05, 0.1) is 28.4 Å². The van der Waals surface area contributed by atoms with E-state index in [0.29, 0.717) is 5.92 Å². The summed E-state index contributed by atoms with van der Waals surface area (Å²) in [4.78, 5) is 17.2. The predicted molar refractivity (Wildman–Crippen MR) is 98.8 cm³/mol. The minimum absolute atomic E-state index is 0.130. The molecule has 0 N–H and O–H groups in total. The monoisotopic (exact) mass is 377 g/mol. The molecule has 1 aliphatic rings. The first-order chi connectivity index (χ1) is 12.0. The highest BCUT2D eigenvalue weighted by Gasteiger charge is 2.41. The van der Waals surface area contributed by atoms with Crippen LogP contribution in [0.15, 0.2) is 47.6 Å². The van der Waals surface area contributed by atoms with Crippen molar-refractivity contribution in [3.8, 4) is 5.75 Å². The van der Waals surface area contributed by atoms with Gasteiger partial charge >= 0.3 is 5.97 Å². The van der Waals surface area contributed by atoms with Crippen LogP contribution in [0.5, 0.6) is 5.75 Å². The van der Waals surface area contributed by atoms with Crippen molar-refractivity contribution < 1.29 is 14.4 Å². The lowest BCUT2D eigenvalue weighted by atomic mass is 10.1. The summed E-state index contributed by atoms with van der Waals surface area (Å²) in [7, 11) is 1.64. The van der Waals surface area contributed by atoms with Crippen molar-refractivity contribution in [2.45, 2.75) is 19.3 Å². The van der Waals surface area contributed by atoms with Gasteiger partial charge in [0.25, 0.3) is 0 Å². The lowest BCUT2D eigenvalue weighted by Gasteiger charge is -2.05. The first-order valence-corrected chi connectivity index (χ1v) is 8.60. The van der Waals surface area contributed by atoms with Crippen molar-refractivity contribution in [1.29, 1.82) is 0 Å². The Bertz CT molecular complexity index is 798. The van der Waals surface area contributed by atoms with Crippen LogP contribution in [0, 0.1) is 5.92 Å². The summed E-state index contributed by atoms with van der Waals surface area (Å²) in [5.41, 5.74) is 2.13. The summed E-state index contributed by atoms with van der Waals surface area (Å²) in [6, 6.07) is 12.8. The van der Waals surface area contributed by atoms with E-state index in [4.69, 9.17) is 32.8 Å². The molecular formula is C19H17Cl2NO3. The summed E-state index contributed by atoms with van der Waals surface area (Å²) in [5.74, 6) is 0.827. The van der Waals surface area contributed by atoms with Crippen LogP contribution in [-0.4, -0.2) is 18.8 Å². The number of benzene rings is 2. The molecular weight excluding hydrogens is 361 g/mol. The Balaban J connectivity index is 1.64. The van der Waals surface area contributed by atoms with Gasteiger partial charge in [0.15, 0.2) is 0 Å². The Morgan fingerprint density at radius 2 is 1.76 bits per heavy atom. The normalized spacial score (nSPS) is 19.4. The maximum atomic E-state index is 12.1. The summed E-state index contributed by atoms with van der Waals surface area (Å²) in [6.45, 7) is 1.86. The van der Waals surface area contributed by atoms with Crippen molar-refractivity contribution in [3.63, 3.8) is 0 Å². The summed E-state index contributed by atoms with van der Waals surface area (Å²) >= 11 is 12.0. The van der Waals surface area contributed by atoms with Gasteiger partial charge < -0.3 is 9.57 Å². The Kier molecular flexibility index (Phi) is 5.30. The molecule has 0 radical (unpaired) electrons. The lowest BCUT2D eigenvalue weighted by Crippen LogP contribution is -2.06. The standard InChI is InChI=1S/C19H17Cl2NO3/c1-11(14-10-15(14)12-6-8-13(24-2)9-7-12)22-25-19(23)18-16(20)4-3-5-17(18)21/h3-9,14-15H,10H2,1-2H3/b22-11-. The molecule has 0 aromatic heterocycles. The average Bonchev–Trinajstić information content (AvgIpc) is 3.40. The van der Waals surface area contributed by atoms with Crippen molar-refractivity contribution in [3.05, 3.63) is 63.6 Å². The second-order valence-corrected chi connectivity index (χ2v) is 6.74. The molecule has 0 heterocycles. The Labute approximate surface area is 156 Å². The Morgan fingerprint density at radius 1 is 1.12 bits per heavy atom. The zero-order chi connectivity index (χ0) is 18.0. The molecule has 0 spiro atoms. The quantitative estimate of drug-likeness (QED) is 0.401. The maximum absolute atomic E-state index is 12.1. The van der Waals surface area contributed by atoms with E-state index in [1.54, 1.807) is 25.3 Å². The highest BCUT2D eigenvalue weighted by molar-refractivity contribution is 6.39. The fourth-order valence-electron chi connectivity index (χ4n) is 2.80. The molecule has 2 atom stereocenters. The van der Waals surface area contributed by atoms with E-state index in [0.717, 1.165) is 17.9 Å². The first kappa shape index (κ1) is 17.8. The number of ether oxygens (including phenoxy) is 1. The van der Waals surface area contributed by atoms with E-state index < -0.39 is 5.97 Å². The van der Waals surface area contributed by atoms with E-state index in [-0.39, 0.29) is 21.5 Å². The summed E-state index contributed by atoms with van der Waals surface area (Å²) in [5, 5.41) is 4.47. The van der Waals surface area contributed by atoms with Crippen molar-refractivity contribution in [2.75, 3.05) is 7.11 Å². The van der Waals surface area contributed by atoms with Crippen LogP contribution in [0.4, 0.5) is 0 Å². The number of oxime groups is 1. The molecule has 2 unspecified atom stereocenters. The van der Waals surface area contributed by atoms with Crippen LogP contribution in [0.1, 0.15) is 35.2 Å². The van der Waals surface area contributed by atoms with Crippen molar-refractivity contribution in [1.82, 2.24) is 0 Å². The molecule has 0 amide bonds. The molecule has 130 valence electrons. The minimum Gasteiger partial charge on any atom is -0.497 e. The van der Waals surface area contributed by atoms with Gasteiger partial charge in [-0.1, -0.05) is 46.6 Å². The van der Waals surface area contributed by atoms with Gasteiger partial charge in [-0.15, -0.1) is 0 Å². The molecule has 6 heteroatoms. The fraction of sp³-hybridized carbons (Fsp3) is 0.263. The largest absolute Gasteiger partial charge is 0.497 e. The van der Waals surface area contributed by atoms with Gasteiger partial charge in [-0.2, -0.15) is 0 Å². The number of methoxy groups -OCH3 is 1. The number of hydrogen-bond donors (Lipinski definition) is 0. The van der Waals surface area contributed by atoms with Gasteiger partial charge in [-0.05, 0) is 49.1 Å². The minimum atomic E-state index is -0.656. The third-order valence-electron chi connectivity index (χ3n) is 4.31. The molecule has 0 aliphatic heterocycles. The molecule has 4 nitrogen and oxygen atoms in total.